The second-order valence-corrected chi connectivity index (χ2v) is 11.6. The van der Waals surface area contributed by atoms with Crippen molar-refractivity contribution in [3.05, 3.63) is 94.5 Å². The van der Waals surface area contributed by atoms with Gasteiger partial charge in [0.05, 0.1) is 21.2 Å². The Morgan fingerprint density at radius 3 is 2.20 bits per heavy atom. The average molecular weight is 610 g/mol. The number of nitrogens with zero attached hydrogens (tertiary/aromatic N) is 2. The summed E-state index contributed by atoms with van der Waals surface area (Å²) in [6.07, 6.45) is -4.28. The molecule has 3 aromatic carbocycles. The lowest BCUT2D eigenvalue weighted by Gasteiger charge is -2.33. The highest BCUT2D eigenvalue weighted by Gasteiger charge is 2.37. The van der Waals surface area contributed by atoms with Crippen LogP contribution in [0.15, 0.2) is 77.7 Å². The van der Waals surface area contributed by atoms with Gasteiger partial charge in [-0.1, -0.05) is 66.6 Å². The molecule has 0 saturated heterocycles. The number of nitrogens with one attached hydrogen (secondary N) is 1. The monoisotopic (exact) mass is 609 g/mol. The number of rotatable bonds is 11. The molecule has 0 aliphatic rings. The first kappa shape index (κ1) is 32.0. The summed E-state index contributed by atoms with van der Waals surface area (Å²) in [5.74, 6) is -1.21. The van der Waals surface area contributed by atoms with E-state index < -0.39 is 56.9 Å². The summed E-state index contributed by atoms with van der Waals surface area (Å²) >= 11 is 5.79. The number of carbonyl (C=O) groups is 2. The minimum Gasteiger partial charge on any atom is -0.357 e. The number of halogens is 4. The zero-order valence-corrected chi connectivity index (χ0v) is 24.4. The second-order valence-electron chi connectivity index (χ2n) is 9.35. The summed E-state index contributed by atoms with van der Waals surface area (Å²) in [6, 6.07) is 16.6. The third kappa shape index (κ3) is 7.80. The van der Waals surface area contributed by atoms with E-state index in [4.69, 9.17) is 11.6 Å². The molecule has 220 valence electrons. The van der Waals surface area contributed by atoms with Crippen LogP contribution in [0.4, 0.5) is 18.9 Å². The zero-order valence-electron chi connectivity index (χ0n) is 22.8. The van der Waals surface area contributed by atoms with Crippen molar-refractivity contribution in [1.29, 1.82) is 0 Å². The van der Waals surface area contributed by atoms with Crippen molar-refractivity contribution in [2.75, 3.05) is 24.4 Å². The zero-order chi connectivity index (χ0) is 30.4. The third-order valence-corrected chi connectivity index (χ3v) is 8.67. The molecule has 1 N–H and O–H groups in total. The summed E-state index contributed by atoms with van der Waals surface area (Å²) in [7, 11) is -3.10. The fourth-order valence-electron chi connectivity index (χ4n) is 4.31. The first-order valence-corrected chi connectivity index (χ1v) is 14.6. The van der Waals surface area contributed by atoms with Gasteiger partial charge in [-0.25, -0.2) is 8.42 Å². The van der Waals surface area contributed by atoms with Gasteiger partial charge in [-0.2, -0.15) is 13.2 Å². The van der Waals surface area contributed by atoms with E-state index in [-0.39, 0.29) is 17.9 Å². The molecule has 0 aliphatic heterocycles. The molecule has 0 spiro atoms. The number of aryl methyl sites for hydroxylation is 1. The summed E-state index contributed by atoms with van der Waals surface area (Å²) in [6.45, 7) is 2.68. The lowest BCUT2D eigenvalue weighted by atomic mass is 10.1. The maximum absolute atomic E-state index is 13.8. The molecule has 41 heavy (non-hydrogen) atoms. The molecule has 0 bridgehead atoms. The Bertz CT molecular complexity index is 1470. The van der Waals surface area contributed by atoms with Crippen molar-refractivity contribution in [3.63, 3.8) is 0 Å². The predicted molar refractivity (Wildman–Crippen MR) is 152 cm³/mol. The summed E-state index contributed by atoms with van der Waals surface area (Å²) < 4.78 is 69.4. The molecular weight excluding hydrogens is 579 g/mol. The van der Waals surface area contributed by atoms with E-state index in [1.807, 2.05) is 30.3 Å². The van der Waals surface area contributed by atoms with Crippen molar-refractivity contribution in [3.8, 4) is 0 Å². The molecule has 0 radical (unpaired) electrons. The van der Waals surface area contributed by atoms with Crippen LogP contribution in [0.1, 0.15) is 30.0 Å². The fourth-order valence-corrected chi connectivity index (χ4v) is 5.95. The number of hydrogen-bond donors (Lipinski definition) is 1. The van der Waals surface area contributed by atoms with Crippen molar-refractivity contribution >= 4 is 39.1 Å². The van der Waals surface area contributed by atoms with Crippen LogP contribution in [0.2, 0.25) is 5.02 Å². The number of sulfonamides is 1. The van der Waals surface area contributed by atoms with E-state index in [2.05, 4.69) is 5.32 Å². The molecule has 1 unspecified atom stereocenters. The number of carbonyl (C=O) groups excluding carboxylic acids is 2. The van der Waals surface area contributed by atoms with E-state index in [0.717, 1.165) is 23.3 Å². The number of likely N-dealkylation sites (N-methyl/N-ethyl adjacent to an activating group) is 1. The fraction of sp³-hybridized carbons (Fsp3) is 0.310. The SMILES string of the molecule is CCC(C(=O)NC)N(CCc1ccccc1)C(=O)CN(c1ccc(Cl)c(C(F)(F)F)c1)S(=O)(=O)c1ccc(C)cc1. The van der Waals surface area contributed by atoms with Gasteiger partial charge in [0.25, 0.3) is 10.0 Å². The van der Waals surface area contributed by atoms with Crippen LogP contribution in [-0.4, -0.2) is 51.3 Å². The van der Waals surface area contributed by atoms with E-state index in [9.17, 15) is 31.2 Å². The maximum Gasteiger partial charge on any atom is 0.417 e. The van der Waals surface area contributed by atoms with Crippen LogP contribution in [0.3, 0.4) is 0 Å². The standard InChI is InChI=1S/C29H31ClF3N3O4S/c1-4-26(28(38)34-3)35(17-16-21-8-6-5-7-9-21)27(37)19-36(41(39,40)23-13-10-20(2)11-14-23)22-12-15-25(30)24(18-22)29(31,32)33/h5-15,18,26H,4,16-17,19H2,1-3H3,(H,34,38). The molecule has 3 rings (SSSR count). The van der Waals surface area contributed by atoms with Gasteiger partial charge < -0.3 is 10.2 Å². The molecule has 0 fully saturated rings. The maximum atomic E-state index is 13.8. The van der Waals surface area contributed by atoms with Crippen LogP contribution in [0.25, 0.3) is 0 Å². The lowest BCUT2D eigenvalue weighted by molar-refractivity contribution is -0.139. The van der Waals surface area contributed by atoms with Gasteiger partial charge in [-0.05, 0) is 55.7 Å². The largest absolute Gasteiger partial charge is 0.417 e. The molecule has 0 saturated carbocycles. The van der Waals surface area contributed by atoms with Crippen LogP contribution in [0, 0.1) is 6.92 Å². The number of alkyl halides is 3. The highest BCUT2D eigenvalue weighted by Crippen LogP contribution is 2.38. The summed E-state index contributed by atoms with van der Waals surface area (Å²) in [4.78, 5) is 27.6. The molecule has 3 aromatic rings. The van der Waals surface area contributed by atoms with E-state index in [1.165, 1.54) is 24.1 Å². The number of anilines is 1. The first-order valence-electron chi connectivity index (χ1n) is 12.8. The lowest BCUT2D eigenvalue weighted by Crippen LogP contribution is -2.52. The predicted octanol–water partition coefficient (Wildman–Crippen LogP) is 5.46. The number of amides is 2. The average Bonchev–Trinajstić information content (AvgIpc) is 2.94. The number of hydrogen-bond acceptors (Lipinski definition) is 4. The van der Waals surface area contributed by atoms with Gasteiger partial charge in [0, 0.05) is 13.6 Å². The van der Waals surface area contributed by atoms with Gasteiger partial charge in [0.15, 0.2) is 0 Å². The van der Waals surface area contributed by atoms with Crippen LogP contribution in [0.5, 0.6) is 0 Å². The van der Waals surface area contributed by atoms with Crippen molar-refractivity contribution < 1.29 is 31.2 Å². The molecule has 12 heteroatoms. The van der Waals surface area contributed by atoms with Gasteiger partial charge in [0.2, 0.25) is 11.8 Å². The van der Waals surface area contributed by atoms with Gasteiger partial charge in [-0.15, -0.1) is 0 Å². The molecule has 7 nitrogen and oxygen atoms in total. The molecule has 0 aromatic heterocycles. The Morgan fingerprint density at radius 1 is 1.00 bits per heavy atom. The second kappa shape index (κ2) is 13.4. The smallest absolute Gasteiger partial charge is 0.357 e. The number of benzene rings is 3. The van der Waals surface area contributed by atoms with Gasteiger partial charge in [-0.3, -0.25) is 13.9 Å². The first-order chi connectivity index (χ1) is 19.3. The quantitative estimate of drug-likeness (QED) is 0.313. The van der Waals surface area contributed by atoms with Crippen LogP contribution in [-0.2, 0) is 32.2 Å². The van der Waals surface area contributed by atoms with Crippen molar-refractivity contribution in [1.82, 2.24) is 10.2 Å². The molecular formula is C29H31ClF3N3O4S. The Morgan fingerprint density at radius 2 is 1.63 bits per heavy atom. The van der Waals surface area contributed by atoms with Gasteiger partial charge >= 0.3 is 6.18 Å². The normalized spacial score (nSPS) is 12.5. The Labute approximate surface area is 243 Å². The Balaban J connectivity index is 2.10. The third-order valence-electron chi connectivity index (χ3n) is 6.55. The van der Waals surface area contributed by atoms with Crippen molar-refractivity contribution in [2.45, 2.75) is 43.8 Å². The van der Waals surface area contributed by atoms with E-state index in [0.29, 0.717) is 16.8 Å². The van der Waals surface area contributed by atoms with E-state index >= 15 is 0 Å². The molecule has 1 atom stereocenters. The minimum absolute atomic E-state index is 0.0710. The van der Waals surface area contributed by atoms with Crippen LogP contribution < -0.4 is 9.62 Å². The minimum atomic E-state index is -4.87. The highest BCUT2D eigenvalue weighted by atomic mass is 35.5. The van der Waals surface area contributed by atoms with Crippen molar-refractivity contribution in [2.24, 2.45) is 0 Å². The highest BCUT2D eigenvalue weighted by molar-refractivity contribution is 7.92. The summed E-state index contributed by atoms with van der Waals surface area (Å²) in [5.41, 5.74) is 0.00666. The molecule has 2 amide bonds. The Hall–Kier alpha value is -3.57. The van der Waals surface area contributed by atoms with E-state index in [1.54, 1.807) is 26.0 Å². The van der Waals surface area contributed by atoms with Crippen LogP contribution >= 0.6 is 11.6 Å². The Kier molecular flexibility index (Phi) is 10.4. The topological polar surface area (TPSA) is 86.8 Å². The molecule has 0 heterocycles. The summed E-state index contributed by atoms with van der Waals surface area (Å²) in [5, 5.41) is 1.91. The molecule has 0 aliphatic carbocycles. The van der Waals surface area contributed by atoms with Gasteiger partial charge in [0.1, 0.15) is 12.6 Å².